The van der Waals surface area contributed by atoms with E-state index in [4.69, 9.17) is 23.2 Å². The van der Waals surface area contributed by atoms with Crippen LogP contribution < -0.4 is 0 Å². The van der Waals surface area contributed by atoms with Crippen LogP contribution >= 0.6 is 23.2 Å². The van der Waals surface area contributed by atoms with Crippen molar-refractivity contribution in [2.24, 2.45) is 0 Å². The molecule has 0 aromatic carbocycles. The standard InChI is InChI=1S/C7H4Cl2F3/c8-5-1-4(7(10,11)12)2-6(9)3-5/h1-2H,3H2. The molecule has 0 nitrogen and oxygen atoms in total. The lowest BCUT2D eigenvalue weighted by Crippen LogP contribution is -2.13. The second-order valence-electron chi connectivity index (χ2n) is 2.31. The van der Waals surface area contributed by atoms with E-state index >= 15 is 0 Å². The van der Waals surface area contributed by atoms with Gasteiger partial charge in [0.1, 0.15) is 0 Å². The van der Waals surface area contributed by atoms with Crippen LogP contribution in [0.4, 0.5) is 13.2 Å². The van der Waals surface area contributed by atoms with Gasteiger partial charge in [-0.1, -0.05) is 11.6 Å². The Bertz CT molecular complexity index is 240. The van der Waals surface area contributed by atoms with Crippen molar-refractivity contribution in [3.05, 3.63) is 28.1 Å². The third-order valence-corrected chi connectivity index (χ3v) is 1.77. The monoisotopic (exact) mass is 215 g/mol. The summed E-state index contributed by atoms with van der Waals surface area (Å²) in [5, 5.41) is 0.213. The lowest BCUT2D eigenvalue weighted by atomic mass is 10.1. The lowest BCUT2D eigenvalue weighted by molar-refractivity contribution is -0.0884. The molecule has 1 rings (SSSR count). The summed E-state index contributed by atoms with van der Waals surface area (Å²) in [6.45, 7) is 0. The predicted molar refractivity (Wildman–Crippen MR) is 41.8 cm³/mol. The van der Waals surface area contributed by atoms with E-state index in [-0.39, 0.29) is 16.8 Å². The van der Waals surface area contributed by atoms with Gasteiger partial charge in [0.05, 0.1) is 11.0 Å². The van der Waals surface area contributed by atoms with E-state index in [9.17, 15) is 13.2 Å². The van der Waals surface area contributed by atoms with Crippen molar-refractivity contribution >= 4 is 23.2 Å². The van der Waals surface area contributed by atoms with Gasteiger partial charge >= 0.3 is 6.18 Å². The first-order chi connectivity index (χ1) is 5.39. The number of rotatable bonds is 0. The Labute approximate surface area is 77.6 Å². The number of halogens is 5. The molecule has 0 N–H and O–H groups in total. The minimum absolute atomic E-state index is 0.106. The van der Waals surface area contributed by atoms with Gasteiger partial charge < -0.3 is 0 Å². The smallest absolute Gasteiger partial charge is 0.166 e. The van der Waals surface area contributed by atoms with Crippen molar-refractivity contribution in [1.29, 1.82) is 0 Å². The molecule has 0 aliphatic heterocycles. The third-order valence-electron chi connectivity index (χ3n) is 1.29. The zero-order valence-corrected chi connectivity index (χ0v) is 7.26. The van der Waals surface area contributed by atoms with Gasteiger partial charge in [0, 0.05) is 11.5 Å². The van der Waals surface area contributed by atoms with Crippen LogP contribution in [0.5, 0.6) is 0 Å². The van der Waals surface area contributed by atoms with Crippen LogP contribution in [0.15, 0.2) is 22.8 Å². The van der Waals surface area contributed by atoms with Crippen molar-refractivity contribution < 1.29 is 13.2 Å². The molecule has 0 aromatic rings. The molecule has 0 heterocycles. The molecule has 67 valence electrons. The molecule has 1 aliphatic rings. The summed E-state index contributed by atoms with van der Waals surface area (Å²) >= 11 is 10.9. The normalized spacial score (nSPS) is 20.4. The van der Waals surface area contributed by atoms with Crippen molar-refractivity contribution in [2.75, 3.05) is 0 Å². The first-order valence-corrected chi connectivity index (χ1v) is 3.81. The maximum absolute atomic E-state index is 12.0. The average Bonchev–Trinajstić information content (AvgIpc) is 1.82. The van der Waals surface area contributed by atoms with Crippen LogP contribution in [0.2, 0.25) is 0 Å². The molecule has 0 atom stereocenters. The second-order valence-corrected chi connectivity index (χ2v) is 3.28. The molecular weight excluding hydrogens is 212 g/mol. The summed E-state index contributed by atoms with van der Waals surface area (Å²) < 4.78 is 36.1. The zero-order valence-electron chi connectivity index (χ0n) is 5.75. The fourth-order valence-electron chi connectivity index (χ4n) is 0.806. The molecule has 0 spiro atoms. The average molecular weight is 216 g/mol. The fourth-order valence-corrected chi connectivity index (χ4v) is 1.40. The van der Waals surface area contributed by atoms with E-state index in [0.717, 1.165) is 12.2 Å². The van der Waals surface area contributed by atoms with Gasteiger partial charge in [-0.15, -0.1) is 11.6 Å². The SMILES string of the molecule is FC(F)(F)C1=C[C](Cl)CC(Cl)=C1. The largest absolute Gasteiger partial charge is 0.416 e. The van der Waals surface area contributed by atoms with Crippen molar-refractivity contribution in [2.45, 2.75) is 12.6 Å². The summed E-state index contributed by atoms with van der Waals surface area (Å²) in [6, 6.07) is 0. The highest BCUT2D eigenvalue weighted by Crippen LogP contribution is 2.36. The summed E-state index contributed by atoms with van der Waals surface area (Å²) in [7, 11) is 0. The molecular formula is C7H4Cl2F3. The van der Waals surface area contributed by atoms with E-state index < -0.39 is 11.7 Å². The molecule has 12 heavy (non-hydrogen) atoms. The third kappa shape index (κ3) is 2.42. The summed E-state index contributed by atoms with van der Waals surface area (Å²) in [5.74, 6) is 0. The van der Waals surface area contributed by atoms with E-state index in [2.05, 4.69) is 0 Å². The van der Waals surface area contributed by atoms with E-state index in [1.165, 1.54) is 0 Å². The van der Waals surface area contributed by atoms with Gasteiger partial charge in [0.15, 0.2) is 0 Å². The van der Waals surface area contributed by atoms with Crippen molar-refractivity contribution in [3.8, 4) is 0 Å². The minimum atomic E-state index is -4.37. The highest BCUT2D eigenvalue weighted by molar-refractivity contribution is 6.33. The first-order valence-electron chi connectivity index (χ1n) is 3.06. The quantitative estimate of drug-likeness (QED) is 0.578. The van der Waals surface area contributed by atoms with Gasteiger partial charge in [-0.05, 0) is 12.2 Å². The molecule has 0 saturated carbocycles. The second kappa shape index (κ2) is 3.30. The molecule has 1 aliphatic carbocycles. The molecule has 0 unspecified atom stereocenters. The summed E-state index contributed by atoms with van der Waals surface area (Å²) in [6.07, 6.45) is -2.43. The maximum Gasteiger partial charge on any atom is 0.416 e. The number of hydrogen-bond acceptors (Lipinski definition) is 0. The Morgan fingerprint density at radius 1 is 1.17 bits per heavy atom. The zero-order chi connectivity index (χ0) is 9.35. The topological polar surface area (TPSA) is 0 Å². The van der Waals surface area contributed by atoms with Crippen LogP contribution in [-0.4, -0.2) is 6.18 Å². The Hall–Kier alpha value is -0.150. The van der Waals surface area contributed by atoms with Crippen LogP contribution in [-0.2, 0) is 0 Å². The number of alkyl halides is 3. The Morgan fingerprint density at radius 3 is 2.17 bits per heavy atom. The van der Waals surface area contributed by atoms with Gasteiger partial charge in [-0.3, -0.25) is 0 Å². The number of allylic oxidation sites excluding steroid dienone is 4. The molecule has 5 heteroatoms. The molecule has 0 aromatic heterocycles. The molecule has 0 amide bonds. The Balaban J connectivity index is 2.91. The fraction of sp³-hybridized carbons (Fsp3) is 0.286. The van der Waals surface area contributed by atoms with E-state index in [1.54, 1.807) is 0 Å². The van der Waals surface area contributed by atoms with Crippen LogP contribution in [0.25, 0.3) is 0 Å². The first kappa shape index (κ1) is 9.93. The summed E-state index contributed by atoms with van der Waals surface area (Å²) in [4.78, 5) is 0. The highest BCUT2D eigenvalue weighted by atomic mass is 35.5. The lowest BCUT2D eigenvalue weighted by Gasteiger charge is -2.15. The number of hydrogen-bond donors (Lipinski definition) is 0. The van der Waals surface area contributed by atoms with Crippen LogP contribution in [0.1, 0.15) is 6.42 Å². The Morgan fingerprint density at radius 2 is 1.75 bits per heavy atom. The van der Waals surface area contributed by atoms with Crippen LogP contribution in [0, 0.1) is 5.38 Å². The predicted octanol–water partition coefficient (Wildman–Crippen LogP) is 3.77. The minimum Gasteiger partial charge on any atom is -0.166 e. The Kier molecular flexibility index (Phi) is 2.74. The molecule has 1 radical (unpaired) electrons. The van der Waals surface area contributed by atoms with Gasteiger partial charge in [-0.2, -0.15) is 13.2 Å². The van der Waals surface area contributed by atoms with Gasteiger partial charge in [0.25, 0.3) is 0 Å². The molecule has 0 bridgehead atoms. The van der Waals surface area contributed by atoms with E-state index in [1.807, 2.05) is 0 Å². The highest BCUT2D eigenvalue weighted by Gasteiger charge is 2.34. The van der Waals surface area contributed by atoms with Crippen molar-refractivity contribution in [3.63, 3.8) is 0 Å². The maximum atomic E-state index is 12.0. The molecule has 0 saturated heterocycles. The van der Waals surface area contributed by atoms with E-state index in [0.29, 0.717) is 0 Å². The summed E-state index contributed by atoms with van der Waals surface area (Å²) in [5.41, 5.74) is -0.802. The molecule has 0 fully saturated rings. The van der Waals surface area contributed by atoms with Gasteiger partial charge in [-0.25, -0.2) is 0 Å². The van der Waals surface area contributed by atoms with Crippen LogP contribution in [0.3, 0.4) is 0 Å². The van der Waals surface area contributed by atoms with Crippen molar-refractivity contribution in [1.82, 2.24) is 0 Å². The van der Waals surface area contributed by atoms with Gasteiger partial charge in [0.2, 0.25) is 0 Å².